The molecule has 24 heavy (non-hydrogen) atoms. The molecule has 0 bridgehead atoms. The van der Waals surface area contributed by atoms with Crippen molar-refractivity contribution in [2.75, 3.05) is 0 Å². The van der Waals surface area contributed by atoms with Crippen LogP contribution < -0.4 is 0 Å². The summed E-state index contributed by atoms with van der Waals surface area (Å²) in [4.78, 5) is 4.24. The predicted octanol–water partition coefficient (Wildman–Crippen LogP) is 5.07. The van der Waals surface area contributed by atoms with E-state index in [1.807, 2.05) is 0 Å². The quantitative estimate of drug-likeness (QED) is 0.350. The zero-order valence-electron chi connectivity index (χ0n) is 12.9. The van der Waals surface area contributed by atoms with Crippen LogP contribution in [0.1, 0.15) is 13.3 Å². The van der Waals surface area contributed by atoms with Crippen molar-refractivity contribution >= 4 is 25.6 Å². The minimum atomic E-state index is -6.59. The highest BCUT2D eigenvalue weighted by Gasteiger charge is 2.87. The molecular formula is C11H14ClF8NO2Si. The number of hydrogen-bond acceptors (Lipinski definition) is 3. The maximum atomic E-state index is 14.4. The Balaban J connectivity index is 3.46. The average molecular weight is 408 g/mol. The van der Waals surface area contributed by atoms with Gasteiger partial charge in [0, 0.05) is 0 Å². The zero-order chi connectivity index (χ0) is 19.4. The van der Waals surface area contributed by atoms with Crippen molar-refractivity contribution in [2.45, 2.75) is 61.9 Å². The maximum absolute atomic E-state index is 14.4. The van der Waals surface area contributed by atoms with Crippen LogP contribution in [0.15, 0.2) is 5.16 Å². The van der Waals surface area contributed by atoms with Gasteiger partial charge in [-0.05, 0) is 38.2 Å². The molecule has 0 aromatic heterocycles. The van der Waals surface area contributed by atoms with Gasteiger partial charge >= 0.3 is 28.9 Å². The SMILES string of the molecule is CC1=NOC(O[Si](C)(C)C)(C(F)(F)C(F)(F)C(F)(F)C(F)(F)Cl)C1. The highest BCUT2D eigenvalue weighted by molar-refractivity contribution is 6.69. The second kappa shape index (κ2) is 5.69. The molecule has 1 rings (SSSR count). The molecule has 1 unspecified atom stereocenters. The summed E-state index contributed by atoms with van der Waals surface area (Å²) in [5, 5.41) is -2.90. The normalized spacial score (nSPS) is 24.0. The molecule has 0 N–H and O–H groups in total. The molecule has 0 radical (unpaired) electrons. The van der Waals surface area contributed by atoms with Gasteiger partial charge in [0.2, 0.25) is 0 Å². The van der Waals surface area contributed by atoms with E-state index in [2.05, 4.69) is 21.6 Å². The van der Waals surface area contributed by atoms with Crippen LogP contribution in [0.5, 0.6) is 0 Å². The second-order valence-corrected chi connectivity index (χ2v) is 11.2. The van der Waals surface area contributed by atoms with E-state index in [-0.39, 0.29) is 5.71 Å². The first kappa shape index (κ1) is 21.4. The number of oxime groups is 1. The van der Waals surface area contributed by atoms with Crippen LogP contribution in [0, 0.1) is 0 Å². The molecule has 1 aliphatic heterocycles. The Bertz CT molecular complexity index is 531. The molecule has 0 aromatic rings. The van der Waals surface area contributed by atoms with E-state index in [0.29, 0.717) is 0 Å². The summed E-state index contributed by atoms with van der Waals surface area (Å²) in [5.41, 5.74) is -0.260. The first-order valence-corrected chi connectivity index (χ1v) is 10.2. The lowest BCUT2D eigenvalue weighted by Crippen LogP contribution is -2.70. The van der Waals surface area contributed by atoms with Crippen molar-refractivity contribution in [3.63, 3.8) is 0 Å². The third-order valence-corrected chi connectivity index (χ3v) is 4.11. The summed E-state index contributed by atoms with van der Waals surface area (Å²) >= 11 is 3.93. The van der Waals surface area contributed by atoms with Gasteiger partial charge in [-0.25, -0.2) is 0 Å². The fourth-order valence-corrected chi connectivity index (χ4v) is 3.29. The van der Waals surface area contributed by atoms with E-state index in [1.54, 1.807) is 0 Å². The third kappa shape index (κ3) is 3.24. The lowest BCUT2D eigenvalue weighted by Gasteiger charge is -2.43. The molecule has 1 heterocycles. The van der Waals surface area contributed by atoms with Gasteiger partial charge in [0.25, 0.3) is 0 Å². The topological polar surface area (TPSA) is 30.8 Å². The molecule has 0 aliphatic carbocycles. The molecule has 142 valence electrons. The molecule has 3 nitrogen and oxygen atoms in total. The van der Waals surface area contributed by atoms with E-state index < -0.39 is 43.7 Å². The summed E-state index contributed by atoms with van der Waals surface area (Å²) in [7, 11) is -3.09. The lowest BCUT2D eigenvalue weighted by molar-refractivity contribution is -0.414. The summed E-state index contributed by atoms with van der Waals surface area (Å²) in [5.74, 6) is -22.7. The predicted molar refractivity (Wildman–Crippen MR) is 71.6 cm³/mol. The van der Waals surface area contributed by atoms with Crippen molar-refractivity contribution < 1.29 is 44.4 Å². The number of halogens is 9. The first-order valence-electron chi connectivity index (χ1n) is 6.43. The molecule has 0 saturated carbocycles. The van der Waals surface area contributed by atoms with Gasteiger partial charge in [0.15, 0.2) is 8.32 Å². The van der Waals surface area contributed by atoms with Crippen LogP contribution in [0.4, 0.5) is 35.1 Å². The Morgan fingerprint density at radius 3 is 1.79 bits per heavy atom. The molecule has 0 saturated heterocycles. The van der Waals surface area contributed by atoms with E-state index in [9.17, 15) is 35.1 Å². The summed E-state index contributed by atoms with van der Waals surface area (Å²) in [6, 6.07) is 0. The molecule has 0 amide bonds. The van der Waals surface area contributed by atoms with Crippen LogP contribution >= 0.6 is 11.6 Å². The van der Waals surface area contributed by atoms with Crippen LogP contribution in [0.3, 0.4) is 0 Å². The van der Waals surface area contributed by atoms with Gasteiger partial charge in [-0.1, -0.05) is 5.16 Å². The number of alkyl halides is 9. The summed E-state index contributed by atoms with van der Waals surface area (Å²) in [6.07, 6.45) is -1.11. The third-order valence-electron chi connectivity index (χ3n) is 2.93. The van der Waals surface area contributed by atoms with Crippen LogP contribution in [-0.4, -0.2) is 43.0 Å². The molecule has 13 heteroatoms. The molecule has 1 atom stereocenters. The smallest absolute Gasteiger partial charge is 0.375 e. The minimum absolute atomic E-state index is 0.260. The number of hydrogen-bond donors (Lipinski definition) is 0. The van der Waals surface area contributed by atoms with Crippen molar-refractivity contribution in [2.24, 2.45) is 5.16 Å². The summed E-state index contributed by atoms with van der Waals surface area (Å²) in [6.45, 7) is 4.95. The molecule has 0 fully saturated rings. The highest BCUT2D eigenvalue weighted by Crippen LogP contribution is 2.59. The fourth-order valence-electron chi connectivity index (χ4n) is 1.95. The fraction of sp³-hybridized carbons (Fsp3) is 0.909. The zero-order valence-corrected chi connectivity index (χ0v) is 14.6. The van der Waals surface area contributed by atoms with Gasteiger partial charge in [-0.3, -0.25) is 0 Å². The van der Waals surface area contributed by atoms with Crippen LogP contribution in [0.2, 0.25) is 19.6 Å². The summed E-state index contributed by atoms with van der Waals surface area (Å²) < 4.78 is 113. The Morgan fingerprint density at radius 2 is 1.50 bits per heavy atom. The van der Waals surface area contributed by atoms with E-state index in [1.165, 1.54) is 19.6 Å². The highest BCUT2D eigenvalue weighted by atomic mass is 35.5. The number of nitrogens with zero attached hydrogens (tertiary/aromatic N) is 1. The first-order chi connectivity index (χ1) is 10.3. The van der Waals surface area contributed by atoms with E-state index in [4.69, 9.17) is 4.43 Å². The average Bonchev–Trinajstić information content (AvgIpc) is 2.67. The standard InChI is InChI=1S/C11H14ClF8NO2Si/c1-6-5-7(22-21-6,23-24(2,3)4)8(13,14)9(15,16)10(17,18)11(12,19)20/h5H2,1-4H3. The Kier molecular flexibility index (Phi) is 5.08. The van der Waals surface area contributed by atoms with Gasteiger partial charge in [0.05, 0.1) is 12.1 Å². The van der Waals surface area contributed by atoms with Gasteiger partial charge in [0.1, 0.15) is 0 Å². The van der Waals surface area contributed by atoms with Crippen molar-refractivity contribution in [3.05, 3.63) is 0 Å². The van der Waals surface area contributed by atoms with E-state index >= 15 is 0 Å². The largest absolute Gasteiger partial charge is 0.393 e. The van der Waals surface area contributed by atoms with E-state index in [0.717, 1.165) is 6.92 Å². The van der Waals surface area contributed by atoms with Gasteiger partial charge in [-0.2, -0.15) is 35.1 Å². The van der Waals surface area contributed by atoms with Gasteiger partial charge in [-0.15, -0.1) is 0 Å². The second-order valence-electron chi connectivity index (χ2n) is 6.28. The molecule has 0 spiro atoms. The Hall–Kier alpha value is -0.623. The molecule has 1 aliphatic rings. The molecule has 0 aromatic carbocycles. The minimum Gasteiger partial charge on any atom is -0.375 e. The van der Waals surface area contributed by atoms with Crippen LogP contribution in [-0.2, 0) is 9.26 Å². The number of rotatable bonds is 6. The van der Waals surface area contributed by atoms with Crippen molar-refractivity contribution in [1.82, 2.24) is 0 Å². The van der Waals surface area contributed by atoms with Gasteiger partial charge < -0.3 is 9.26 Å². The Morgan fingerprint density at radius 1 is 1.04 bits per heavy atom. The van der Waals surface area contributed by atoms with Crippen LogP contribution in [0.25, 0.3) is 0 Å². The monoisotopic (exact) mass is 407 g/mol. The maximum Gasteiger partial charge on any atom is 0.393 e. The van der Waals surface area contributed by atoms with Crippen molar-refractivity contribution in [1.29, 1.82) is 0 Å². The van der Waals surface area contributed by atoms with Crippen molar-refractivity contribution in [3.8, 4) is 0 Å². The lowest BCUT2D eigenvalue weighted by atomic mass is 9.93. The molecular weight excluding hydrogens is 394 g/mol. The Labute approximate surface area is 138 Å².